The van der Waals surface area contributed by atoms with Crippen LogP contribution in [0.5, 0.6) is 0 Å². The third-order valence-electron chi connectivity index (χ3n) is 3.93. The zero-order chi connectivity index (χ0) is 21.9. The van der Waals surface area contributed by atoms with Crippen molar-refractivity contribution in [1.82, 2.24) is 0 Å². The van der Waals surface area contributed by atoms with Crippen molar-refractivity contribution >= 4 is 37.4 Å². The van der Waals surface area contributed by atoms with E-state index < -0.39 is 31.8 Å². The van der Waals surface area contributed by atoms with Crippen LogP contribution in [0.25, 0.3) is 0 Å². The van der Waals surface area contributed by atoms with Gasteiger partial charge in [-0.25, -0.2) is 26.0 Å². The summed E-state index contributed by atoms with van der Waals surface area (Å²) in [5.74, 6) is -1.90. The molecule has 0 aliphatic rings. The van der Waals surface area contributed by atoms with Gasteiger partial charge in [0.2, 0.25) is 0 Å². The second kappa shape index (κ2) is 8.13. The molecule has 30 heavy (non-hydrogen) atoms. The number of aromatic carboxylic acids is 1. The van der Waals surface area contributed by atoms with Gasteiger partial charge in [0.1, 0.15) is 5.82 Å². The lowest BCUT2D eigenvalue weighted by Gasteiger charge is -2.15. The molecule has 8 nitrogen and oxygen atoms in total. The standard InChI is InChI=1S/C19H15FN2O6S2/c20-14-8-10-15(11-9-14)29(25,26)21-17-6-1-2-7-18(17)22-30(27,28)16-5-3-4-13(12-16)19(23)24/h1-12,21-22H,(H,23,24). The Morgan fingerprint density at radius 3 is 1.80 bits per heavy atom. The molecule has 0 aliphatic carbocycles. The molecule has 156 valence electrons. The van der Waals surface area contributed by atoms with Crippen molar-refractivity contribution in [2.24, 2.45) is 0 Å². The van der Waals surface area contributed by atoms with Gasteiger partial charge >= 0.3 is 5.97 Å². The SMILES string of the molecule is O=C(O)c1cccc(S(=O)(=O)Nc2ccccc2NS(=O)(=O)c2ccc(F)cc2)c1. The van der Waals surface area contributed by atoms with Gasteiger partial charge in [0.25, 0.3) is 20.0 Å². The summed E-state index contributed by atoms with van der Waals surface area (Å²) >= 11 is 0. The normalized spacial score (nSPS) is 11.6. The lowest BCUT2D eigenvalue weighted by atomic mass is 10.2. The lowest BCUT2D eigenvalue weighted by molar-refractivity contribution is 0.0696. The molecular weight excluding hydrogens is 435 g/mol. The molecule has 3 aromatic rings. The van der Waals surface area contributed by atoms with Crippen molar-refractivity contribution in [2.75, 3.05) is 9.44 Å². The van der Waals surface area contributed by atoms with E-state index in [-0.39, 0.29) is 26.7 Å². The number of hydrogen-bond acceptors (Lipinski definition) is 5. The predicted octanol–water partition coefficient (Wildman–Crippen LogP) is 3.13. The molecule has 0 unspecified atom stereocenters. The van der Waals surface area contributed by atoms with Crippen molar-refractivity contribution < 1.29 is 31.1 Å². The molecule has 11 heteroatoms. The van der Waals surface area contributed by atoms with Gasteiger partial charge < -0.3 is 5.11 Å². The first-order valence-electron chi connectivity index (χ1n) is 8.32. The Morgan fingerprint density at radius 1 is 0.733 bits per heavy atom. The Balaban J connectivity index is 1.93. The van der Waals surface area contributed by atoms with Crippen molar-refractivity contribution in [3.63, 3.8) is 0 Å². The first-order valence-corrected chi connectivity index (χ1v) is 11.3. The molecule has 0 saturated heterocycles. The molecule has 0 saturated carbocycles. The highest BCUT2D eigenvalue weighted by Gasteiger charge is 2.20. The molecule has 0 aliphatic heterocycles. The Kier molecular flexibility index (Phi) is 5.76. The summed E-state index contributed by atoms with van der Waals surface area (Å²) in [5, 5.41) is 9.05. The largest absolute Gasteiger partial charge is 0.478 e. The topological polar surface area (TPSA) is 130 Å². The third-order valence-corrected chi connectivity index (χ3v) is 6.68. The number of sulfonamides is 2. The number of hydrogen-bond donors (Lipinski definition) is 3. The summed E-state index contributed by atoms with van der Waals surface area (Å²) in [6.07, 6.45) is 0. The van der Waals surface area contributed by atoms with Crippen LogP contribution in [0.2, 0.25) is 0 Å². The number of rotatable bonds is 7. The molecular formula is C19H15FN2O6S2. The van der Waals surface area contributed by atoms with Crippen LogP contribution in [0.15, 0.2) is 82.6 Å². The second-order valence-electron chi connectivity index (χ2n) is 6.04. The van der Waals surface area contributed by atoms with E-state index in [1.807, 2.05) is 0 Å². The van der Waals surface area contributed by atoms with Crippen molar-refractivity contribution in [1.29, 1.82) is 0 Å². The average molecular weight is 450 g/mol. The molecule has 0 spiro atoms. The van der Waals surface area contributed by atoms with E-state index in [1.54, 1.807) is 0 Å². The highest BCUT2D eigenvalue weighted by Crippen LogP contribution is 2.27. The summed E-state index contributed by atoms with van der Waals surface area (Å²) in [5.41, 5.74) is -0.369. The number of halogens is 1. The number of benzene rings is 3. The maximum atomic E-state index is 13.1. The average Bonchev–Trinajstić information content (AvgIpc) is 2.69. The fourth-order valence-electron chi connectivity index (χ4n) is 2.48. The minimum atomic E-state index is -4.22. The zero-order valence-electron chi connectivity index (χ0n) is 15.1. The Bertz CT molecular complexity index is 1310. The molecule has 0 heterocycles. The second-order valence-corrected chi connectivity index (χ2v) is 9.41. The van der Waals surface area contributed by atoms with E-state index in [1.165, 1.54) is 42.5 Å². The third kappa shape index (κ3) is 4.75. The Hall–Kier alpha value is -3.44. The molecule has 0 aromatic heterocycles. The molecule has 3 aromatic carbocycles. The van der Waals surface area contributed by atoms with E-state index in [0.29, 0.717) is 0 Å². The summed E-state index contributed by atoms with van der Waals surface area (Å²) in [6.45, 7) is 0. The molecule has 0 amide bonds. The number of carboxylic acids is 1. The summed E-state index contributed by atoms with van der Waals surface area (Å²) in [7, 11) is -8.34. The van der Waals surface area contributed by atoms with Gasteiger partial charge in [-0.05, 0) is 54.6 Å². The van der Waals surface area contributed by atoms with Crippen LogP contribution in [0.3, 0.4) is 0 Å². The van der Waals surface area contributed by atoms with Crippen LogP contribution in [0.4, 0.5) is 15.8 Å². The Morgan fingerprint density at radius 2 is 1.27 bits per heavy atom. The van der Waals surface area contributed by atoms with Gasteiger partial charge in [-0.15, -0.1) is 0 Å². The number of carboxylic acid groups (broad SMARTS) is 1. The van der Waals surface area contributed by atoms with Gasteiger partial charge in [-0.3, -0.25) is 9.44 Å². The maximum Gasteiger partial charge on any atom is 0.335 e. The number of nitrogens with one attached hydrogen (secondary N) is 2. The van der Waals surface area contributed by atoms with Crippen molar-refractivity contribution in [3.05, 3.63) is 84.2 Å². The monoisotopic (exact) mass is 450 g/mol. The zero-order valence-corrected chi connectivity index (χ0v) is 16.7. The van der Waals surface area contributed by atoms with Gasteiger partial charge in [0, 0.05) is 0 Å². The van der Waals surface area contributed by atoms with Gasteiger partial charge in [0.15, 0.2) is 0 Å². The minimum absolute atomic E-state index is 0.0696. The number of carbonyl (C=O) groups is 1. The fraction of sp³-hybridized carbons (Fsp3) is 0. The van der Waals surface area contributed by atoms with E-state index in [0.717, 1.165) is 30.3 Å². The molecule has 3 N–H and O–H groups in total. The van der Waals surface area contributed by atoms with Crippen LogP contribution in [0, 0.1) is 5.82 Å². The smallest absolute Gasteiger partial charge is 0.335 e. The van der Waals surface area contributed by atoms with Gasteiger partial charge in [-0.2, -0.15) is 0 Å². The van der Waals surface area contributed by atoms with Crippen LogP contribution in [-0.2, 0) is 20.0 Å². The molecule has 0 bridgehead atoms. The first-order chi connectivity index (χ1) is 14.1. The summed E-state index contributed by atoms with van der Waals surface area (Å²) < 4.78 is 68.0. The fourth-order valence-corrected chi connectivity index (χ4v) is 4.68. The van der Waals surface area contributed by atoms with Crippen LogP contribution < -0.4 is 9.44 Å². The van der Waals surface area contributed by atoms with Crippen molar-refractivity contribution in [3.8, 4) is 0 Å². The van der Waals surface area contributed by atoms with Crippen LogP contribution in [-0.4, -0.2) is 27.9 Å². The number of para-hydroxylation sites is 2. The van der Waals surface area contributed by atoms with Gasteiger partial charge in [-0.1, -0.05) is 18.2 Å². The summed E-state index contributed by atoms with van der Waals surface area (Å²) in [6, 6.07) is 14.5. The van der Waals surface area contributed by atoms with Crippen LogP contribution >= 0.6 is 0 Å². The van der Waals surface area contributed by atoms with E-state index in [4.69, 9.17) is 5.11 Å². The maximum absolute atomic E-state index is 13.1. The molecule has 3 rings (SSSR count). The van der Waals surface area contributed by atoms with E-state index in [2.05, 4.69) is 9.44 Å². The first kappa shape index (κ1) is 21.3. The minimum Gasteiger partial charge on any atom is -0.478 e. The van der Waals surface area contributed by atoms with Crippen LogP contribution in [0.1, 0.15) is 10.4 Å². The number of anilines is 2. The molecule has 0 atom stereocenters. The van der Waals surface area contributed by atoms with E-state index in [9.17, 15) is 26.0 Å². The molecule has 0 fully saturated rings. The van der Waals surface area contributed by atoms with Gasteiger partial charge in [0.05, 0.1) is 26.7 Å². The Labute approximate surface area is 172 Å². The highest BCUT2D eigenvalue weighted by atomic mass is 32.2. The predicted molar refractivity (Wildman–Crippen MR) is 108 cm³/mol. The lowest BCUT2D eigenvalue weighted by Crippen LogP contribution is -2.18. The highest BCUT2D eigenvalue weighted by molar-refractivity contribution is 7.93. The summed E-state index contributed by atoms with van der Waals surface area (Å²) in [4.78, 5) is 10.6. The molecule has 0 radical (unpaired) electrons. The van der Waals surface area contributed by atoms with E-state index >= 15 is 0 Å². The quantitative estimate of drug-likeness (QED) is 0.507. The van der Waals surface area contributed by atoms with Crippen molar-refractivity contribution in [2.45, 2.75) is 9.79 Å².